The quantitative estimate of drug-likeness (QED) is 0.675. The fourth-order valence-electron chi connectivity index (χ4n) is 2.11. The third kappa shape index (κ3) is 6.08. The van der Waals surface area contributed by atoms with E-state index in [0.29, 0.717) is 18.3 Å². The van der Waals surface area contributed by atoms with Crippen LogP contribution in [0.5, 0.6) is 5.75 Å². The van der Waals surface area contributed by atoms with Crippen LogP contribution >= 0.6 is 0 Å². The summed E-state index contributed by atoms with van der Waals surface area (Å²) in [5, 5.41) is 5.39. The number of halogens is 3. The van der Waals surface area contributed by atoms with Crippen molar-refractivity contribution >= 4 is 23.2 Å². The van der Waals surface area contributed by atoms with Crippen molar-refractivity contribution in [1.29, 1.82) is 0 Å². The summed E-state index contributed by atoms with van der Waals surface area (Å²) in [4.78, 5) is 22.8. The zero-order chi connectivity index (χ0) is 20.0. The highest BCUT2D eigenvalue weighted by molar-refractivity contribution is 5.88. The average molecular weight is 383 g/mol. The number of anilines is 3. The third-order valence-corrected chi connectivity index (χ3v) is 3.22. The Morgan fingerprint density at radius 3 is 2.63 bits per heavy atom. The van der Waals surface area contributed by atoms with E-state index in [4.69, 9.17) is 4.74 Å². The van der Waals surface area contributed by atoms with Gasteiger partial charge in [0, 0.05) is 38.1 Å². The summed E-state index contributed by atoms with van der Waals surface area (Å²) in [5.74, 6) is -3.54. The lowest BCUT2D eigenvalue weighted by Gasteiger charge is -2.15. The van der Waals surface area contributed by atoms with Crippen LogP contribution in [0.1, 0.15) is 31.8 Å². The van der Waals surface area contributed by atoms with Gasteiger partial charge in [-0.2, -0.15) is 8.78 Å². The van der Waals surface area contributed by atoms with E-state index in [-0.39, 0.29) is 36.3 Å². The summed E-state index contributed by atoms with van der Waals surface area (Å²) in [6.45, 7) is 3.16. The molecule has 0 aromatic carbocycles. The number of alkyl halides is 3. The van der Waals surface area contributed by atoms with E-state index < -0.39 is 18.4 Å². The molecule has 0 atom stereocenters. The predicted molar refractivity (Wildman–Crippen MR) is 94.2 cm³/mol. The van der Waals surface area contributed by atoms with Crippen molar-refractivity contribution in [1.82, 2.24) is 15.0 Å². The Bertz CT molecular complexity index is 812. The Morgan fingerprint density at radius 2 is 2.00 bits per heavy atom. The molecule has 0 aliphatic rings. The molecule has 2 aromatic rings. The van der Waals surface area contributed by atoms with E-state index in [1.165, 1.54) is 25.3 Å². The number of nitrogens with one attached hydrogen (secondary N) is 2. The van der Waals surface area contributed by atoms with Gasteiger partial charge in [0.25, 0.3) is 0 Å². The monoisotopic (exact) mass is 383 g/mol. The highest BCUT2D eigenvalue weighted by atomic mass is 19.3. The summed E-state index contributed by atoms with van der Waals surface area (Å²) >= 11 is 0. The van der Waals surface area contributed by atoms with Gasteiger partial charge in [-0.1, -0.05) is 0 Å². The number of carbonyl (C=O) groups excluding carboxylic acids is 1. The Morgan fingerprint density at radius 1 is 1.26 bits per heavy atom. The molecular weight excluding hydrogens is 363 g/mol. The summed E-state index contributed by atoms with van der Waals surface area (Å²) in [5.41, 5.74) is 0.677. The van der Waals surface area contributed by atoms with E-state index in [1.54, 1.807) is 6.92 Å². The minimum atomic E-state index is -3.21. The molecule has 2 rings (SSSR count). The lowest BCUT2D eigenvalue weighted by molar-refractivity contribution is -0.114. The standard InChI is InChI=1S/C17H20F3N5O2/c1-10-7-15(25-16(22-10)17(3,19)20)24-12-8-14(23-11(2)26)21-9-13(12)27-6-4-5-18/h7-9H,4-6H2,1-3H3,(H2,21,22,23,24,25,26). The first-order valence-corrected chi connectivity index (χ1v) is 8.16. The summed E-state index contributed by atoms with van der Waals surface area (Å²) in [6, 6.07) is 2.95. The first kappa shape index (κ1) is 20.4. The number of amides is 1. The van der Waals surface area contributed by atoms with Crippen molar-refractivity contribution in [3.8, 4) is 5.75 Å². The molecule has 0 aliphatic carbocycles. The zero-order valence-corrected chi connectivity index (χ0v) is 15.1. The molecule has 0 radical (unpaired) electrons. The van der Waals surface area contributed by atoms with Gasteiger partial charge in [0.1, 0.15) is 11.6 Å². The average Bonchev–Trinajstić information content (AvgIpc) is 2.55. The summed E-state index contributed by atoms with van der Waals surface area (Å²) in [7, 11) is 0. The second-order valence-electron chi connectivity index (χ2n) is 5.87. The number of aryl methyl sites for hydroxylation is 1. The number of nitrogens with zero attached hydrogens (tertiary/aromatic N) is 3. The summed E-state index contributed by atoms with van der Waals surface area (Å²) < 4.78 is 44.9. The molecular formula is C17H20F3N5O2. The van der Waals surface area contributed by atoms with E-state index in [2.05, 4.69) is 25.6 Å². The number of pyridine rings is 1. The van der Waals surface area contributed by atoms with Crippen LogP contribution in [0.3, 0.4) is 0 Å². The number of hydrogen-bond acceptors (Lipinski definition) is 6. The van der Waals surface area contributed by atoms with Crippen molar-refractivity contribution < 1.29 is 22.7 Å². The Balaban J connectivity index is 2.36. The minimum absolute atomic E-state index is 0.105. The van der Waals surface area contributed by atoms with Gasteiger partial charge in [-0.3, -0.25) is 9.18 Å². The first-order valence-electron chi connectivity index (χ1n) is 8.16. The van der Waals surface area contributed by atoms with Gasteiger partial charge in [0.15, 0.2) is 5.75 Å². The van der Waals surface area contributed by atoms with Crippen LogP contribution in [0.4, 0.5) is 30.5 Å². The predicted octanol–water partition coefficient (Wildman–Crippen LogP) is 3.73. The van der Waals surface area contributed by atoms with Crippen molar-refractivity contribution in [2.75, 3.05) is 23.9 Å². The Labute approximate surface area is 154 Å². The maximum absolute atomic E-state index is 13.6. The van der Waals surface area contributed by atoms with Crippen molar-refractivity contribution in [2.24, 2.45) is 0 Å². The van der Waals surface area contributed by atoms with Crippen LogP contribution in [-0.4, -0.2) is 34.1 Å². The molecule has 146 valence electrons. The molecule has 0 bridgehead atoms. The maximum atomic E-state index is 13.6. The molecule has 27 heavy (non-hydrogen) atoms. The van der Waals surface area contributed by atoms with Gasteiger partial charge in [-0.15, -0.1) is 0 Å². The number of rotatable bonds is 8. The molecule has 2 heterocycles. The molecule has 0 saturated carbocycles. The van der Waals surface area contributed by atoms with Crippen molar-refractivity contribution in [2.45, 2.75) is 33.1 Å². The van der Waals surface area contributed by atoms with Crippen LogP contribution in [0.25, 0.3) is 0 Å². The first-order chi connectivity index (χ1) is 12.7. The number of hydrogen-bond donors (Lipinski definition) is 2. The minimum Gasteiger partial charge on any atom is -0.490 e. The summed E-state index contributed by atoms with van der Waals surface area (Å²) in [6.07, 6.45) is 1.53. The highest BCUT2D eigenvalue weighted by Crippen LogP contribution is 2.31. The van der Waals surface area contributed by atoms with Crippen LogP contribution in [-0.2, 0) is 10.7 Å². The van der Waals surface area contributed by atoms with E-state index >= 15 is 0 Å². The fraction of sp³-hybridized carbons (Fsp3) is 0.412. The molecule has 10 heteroatoms. The fourth-order valence-corrected chi connectivity index (χ4v) is 2.11. The molecule has 0 unspecified atom stereocenters. The SMILES string of the molecule is CC(=O)Nc1cc(Nc2cc(C)nc(C(C)(F)F)n2)c(OCCCF)cn1. The van der Waals surface area contributed by atoms with E-state index in [1.807, 2.05) is 0 Å². The Hall–Kier alpha value is -2.91. The second kappa shape index (κ2) is 8.65. The molecule has 0 spiro atoms. The number of aromatic nitrogens is 3. The molecule has 0 saturated heterocycles. The van der Waals surface area contributed by atoms with Gasteiger partial charge in [0.05, 0.1) is 25.2 Å². The lowest BCUT2D eigenvalue weighted by Crippen LogP contribution is -2.15. The van der Waals surface area contributed by atoms with E-state index in [0.717, 1.165) is 0 Å². The van der Waals surface area contributed by atoms with E-state index in [9.17, 15) is 18.0 Å². The van der Waals surface area contributed by atoms with Gasteiger partial charge in [0.2, 0.25) is 11.7 Å². The van der Waals surface area contributed by atoms with Gasteiger partial charge in [-0.25, -0.2) is 15.0 Å². The normalized spacial score (nSPS) is 11.2. The zero-order valence-electron chi connectivity index (χ0n) is 15.1. The molecule has 0 fully saturated rings. The van der Waals surface area contributed by atoms with Gasteiger partial charge < -0.3 is 15.4 Å². The highest BCUT2D eigenvalue weighted by Gasteiger charge is 2.29. The van der Waals surface area contributed by atoms with Gasteiger partial charge in [-0.05, 0) is 6.92 Å². The number of ether oxygens (including phenoxy) is 1. The van der Waals surface area contributed by atoms with Crippen LogP contribution in [0.2, 0.25) is 0 Å². The lowest BCUT2D eigenvalue weighted by atomic mass is 10.3. The van der Waals surface area contributed by atoms with Crippen molar-refractivity contribution in [3.05, 3.63) is 29.8 Å². The van der Waals surface area contributed by atoms with Gasteiger partial charge >= 0.3 is 5.92 Å². The Kier molecular flexibility index (Phi) is 6.54. The van der Waals surface area contributed by atoms with Crippen LogP contribution in [0.15, 0.2) is 18.3 Å². The molecule has 0 aliphatic heterocycles. The smallest absolute Gasteiger partial charge is 0.303 e. The molecule has 1 amide bonds. The maximum Gasteiger partial charge on any atom is 0.303 e. The molecule has 2 aromatic heterocycles. The molecule has 2 N–H and O–H groups in total. The third-order valence-electron chi connectivity index (χ3n) is 3.22. The largest absolute Gasteiger partial charge is 0.490 e. The number of carbonyl (C=O) groups is 1. The second-order valence-corrected chi connectivity index (χ2v) is 5.87. The van der Waals surface area contributed by atoms with Crippen LogP contribution < -0.4 is 15.4 Å². The topological polar surface area (TPSA) is 89.0 Å². The molecule has 7 nitrogen and oxygen atoms in total. The van der Waals surface area contributed by atoms with Crippen molar-refractivity contribution in [3.63, 3.8) is 0 Å². The van der Waals surface area contributed by atoms with Crippen LogP contribution in [0, 0.1) is 6.92 Å².